The van der Waals surface area contributed by atoms with E-state index in [2.05, 4.69) is 19.4 Å². The van der Waals surface area contributed by atoms with E-state index in [-0.39, 0.29) is 12.3 Å². The fourth-order valence-corrected chi connectivity index (χ4v) is 3.33. The molecule has 2 N–H and O–H groups in total. The van der Waals surface area contributed by atoms with Crippen LogP contribution in [0, 0.1) is 0 Å². The first-order valence-corrected chi connectivity index (χ1v) is 8.01. The Balaban J connectivity index is 1.71. The highest BCUT2D eigenvalue weighted by Crippen LogP contribution is 2.26. The molecule has 3 aromatic heterocycles. The molecule has 1 aliphatic rings. The van der Waals surface area contributed by atoms with Crippen LogP contribution in [0.1, 0.15) is 23.9 Å². The minimum Gasteiger partial charge on any atom is -0.381 e. The van der Waals surface area contributed by atoms with Gasteiger partial charge in [-0.3, -0.25) is 9.78 Å². The highest BCUT2D eigenvalue weighted by molar-refractivity contribution is 7.08. The Bertz CT molecular complexity index is 867. The maximum atomic E-state index is 11.1. The number of rotatable bonds is 4. The minimum absolute atomic E-state index is 0.0991. The second kappa shape index (κ2) is 5.67. The Kier molecular flexibility index (Phi) is 3.50. The Morgan fingerprint density at radius 3 is 3.17 bits per heavy atom. The summed E-state index contributed by atoms with van der Waals surface area (Å²) < 4.78 is 11.5. The Hall–Kier alpha value is -2.39. The molecule has 0 aromatic carbocycles. The number of aromatic nitrogens is 5. The van der Waals surface area contributed by atoms with E-state index in [4.69, 9.17) is 10.5 Å². The van der Waals surface area contributed by atoms with E-state index >= 15 is 0 Å². The molecule has 23 heavy (non-hydrogen) atoms. The zero-order chi connectivity index (χ0) is 15.8. The molecule has 0 spiro atoms. The van der Waals surface area contributed by atoms with Crippen molar-refractivity contribution < 1.29 is 9.53 Å². The lowest BCUT2D eigenvalue weighted by atomic mass is 10.1. The van der Waals surface area contributed by atoms with Crippen LogP contribution in [0.5, 0.6) is 0 Å². The molecule has 4 heterocycles. The lowest BCUT2D eigenvalue weighted by Gasteiger charge is -2.01. The van der Waals surface area contributed by atoms with Crippen molar-refractivity contribution >= 4 is 28.3 Å². The van der Waals surface area contributed by atoms with Crippen LogP contribution in [-0.2, 0) is 16.0 Å². The van der Waals surface area contributed by atoms with Crippen molar-refractivity contribution in [2.75, 3.05) is 13.2 Å². The van der Waals surface area contributed by atoms with Gasteiger partial charge in [0.25, 0.3) is 0 Å². The van der Waals surface area contributed by atoms with Gasteiger partial charge in [-0.05, 0) is 12.5 Å². The summed E-state index contributed by atoms with van der Waals surface area (Å²) in [6, 6.07) is 1.81. The van der Waals surface area contributed by atoms with Crippen molar-refractivity contribution in [3.63, 3.8) is 0 Å². The predicted octanol–water partition coefficient (Wildman–Crippen LogP) is 0.804. The number of fused-ring (bicyclic) bond motifs is 1. The number of pyridine rings is 1. The number of nitrogens with two attached hydrogens (primary N) is 1. The quantitative estimate of drug-likeness (QED) is 0.758. The number of primary amides is 1. The van der Waals surface area contributed by atoms with Crippen LogP contribution in [-0.4, -0.2) is 43.2 Å². The van der Waals surface area contributed by atoms with Crippen LogP contribution in [0.15, 0.2) is 18.5 Å². The molecule has 0 radical (unpaired) electrons. The molecule has 118 valence electrons. The summed E-state index contributed by atoms with van der Waals surface area (Å²) in [6.45, 7) is 1.43. The van der Waals surface area contributed by atoms with Gasteiger partial charge in [0.15, 0.2) is 0 Å². The highest BCUT2D eigenvalue weighted by atomic mass is 32.1. The molecular formula is C14H14N6O2S. The van der Waals surface area contributed by atoms with E-state index in [0.717, 1.165) is 29.8 Å². The third-order valence-electron chi connectivity index (χ3n) is 3.77. The lowest BCUT2D eigenvalue weighted by Crippen LogP contribution is -2.14. The maximum absolute atomic E-state index is 11.1. The van der Waals surface area contributed by atoms with E-state index in [0.29, 0.717) is 17.4 Å². The zero-order valence-electron chi connectivity index (χ0n) is 12.2. The summed E-state index contributed by atoms with van der Waals surface area (Å²) in [6.07, 6.45) is 4.45. The average molecular weight is 330 g/mol. The first-order chi connectivity index (χ1) is 11.2. The number of nitrogens with zero attached hydrogens (tertiary/aromatic N) is 5. The third kappa shape index (κ3) is 2.68. The number of ether oxygens (including phenoxy) is 1. The molecule has 1 saturated heterocycles. The van der Waals surface area contributed by atoms with Crippen LogP contribution >= 0.6 is 11.5 Å². The molecule has 0 aliphatic carbocycles. The summed E-state index contributed by atoms with van der Waals surface area (Å²) in [5.41, 5.74) is 6.68. The molecular weight excluding hydrogens is 316 g/mol. The second-order valence-corrected chi connectivity index (χ2v) is 6.16. The van der Waals surface area contributed by atoms with Gasteiger partial charge in [-0.2, -0.15) is 9.47 Å². The monoisotopic (exact) mass is 330 g/mol. The molecule has 1 atom stereocenters. The van der Waals surface area contributed by atoms with Crippen LogP contribution in [0.3, 0.4) is 0 Å². The molecule has 1 amide bonds. The third-order valence-corrected chi connectivity index (χ3v) is 4.48. The second-order valence-electron chi connectivity index (χ2n) is 5.43. The van der Waals surface area contributed by atoms with Crippen molar-refractivity contribution in [2.45, 2.75) is 18.8 Å². The van der Waals surface area contributed by atoms with Crippen LogP contribution in [0.2, 0.25) is 0 Å². The van der Waals surface area contributed by atoms with E-state index in [1.807, 2.05) is 6.07 Å². The lowest BCUT2D eigenvalue weighted by molar-refractivity contribution is -0.117. The van der Waals surface area contributed by atoms with Gasteiger partial charge in [0.2, 0.25) is 11.0 Å². The van der Waals surface area contributed by atoms with E-state index in [9.17, 15) is 4.79 Å². The molecule has 1 aliphatic heterocycles. The number of carbonyl (C=O) groups excluding carboxylic acids is 1. The van der Waals surface area contributed by atoms with E-state index < -0.39 is 5.91 Å². The normalized spacial score (nSPS) is 17.8. The molecule has 8 nitrogen and oxygen atoms in total. The summed E-state index contributed by atoms with van der Waals surface area (Å²) in [5, 5.41) is 5.93. The molecule has 0 saturated carbocycles. The fraction of sp³-hybridized carbons (Fsp3) is 0.357. The van der Waals surface area contributed by atoms with E-state index in [1.54, 1.807) is 17.1 Å². The van der Waals surface area contributed by atoms with Gasteiger partial charge in [-0.15, -0.1) is 0 Å². The van der Waals surface area contributed by atoms with Gasteiger partial charge >= 0.3 is 0 Å². The van der Waals surface area contributed by atoms with Crippen molar-refractivity contribution in [3.8, 4) is 5.13 Å². The smallest absolute Gasteiger partial charge is 0.230 e. The van der Waals surface area contributed by atoms with Gasteiger partial charge in [0, 0.05) is 35.6 Å². The van der Waals surface area contributed by atoms with Crippen LogP contribution < -0.4 is 5.73 Å². The molecule has 0 bridgehead atoms. The number of carbonyl (C=O) groups is 1. The molecule has 4 rings (SSSR count). The topological polar surface area (TPSA) is 109 Å². The Morgan fingerprint density at radius 1 is 1.48 bits per heavy atom. The van der Waals surface area contributed by atoms with Crippen molar-refractivity contribution in [1.29, 1.82) is 0 Å². The van der Waals surface area contributed by atoms with Gasteiger partial charge in [0.1, 0.15) is 5.82 Å². The van der Waals surface area contributed by atoms with Gasteiger partial charge in [-0.25, -0.2) is 9.67 Å². The summed E-state index contributed by atoms with van der Waals surface area (Å²) in [5.74, 6) is 0.647. The Morgan fingerprint density at radius 2 is 2.39 bits per heavy atom. The van der Waals surface area contributed by atoms with Crippen molar-refractivity contribution in [2.24, 2.45) is 5.73 Å². The fourth-order valence-electron chi connectivity index (χ4n) is 2.61. The SMILES string of the molecule is NC(=O)Cc1cc2c(cn1)cnn2-c1nc(C2CCOC2)ns1. The summed E-state index contributed by atoms with van der Waals surface area (Å²) in [4.78, 5) is 19.9. The van der Waals surface area contributed by atoms with E-state index in [1.165, 1.54) is 11.5 Å². The number of hydrogen-bond donors (Lipinski definition) is 1. The van der Waals surface area contributed by atoms with Crippen LogP contribution in [0.25, 0.3) is 16.0 Å². The molecule has 3 aromatic rings. The molecule has 1 unspecified atom stereocenters. The summed E-state index contributed by atoms with van der Waals surface area (Å²) in [7, 11) is 0. The minimum atomic E-state index is -0.414. The van der Waals surface area contributed by atoms with Crippen LogP contribution in [0.4, 0.5) is 0 Å². The predicted molar refractivity (Wildman–Crippen MR) is 83.4 cm³/mol. The van der Waals surface area contributed by atoms with Gasteiger partial charge in [0.05, 0.1) is 30.4 Å². The first-order valence-electron chi connectivity index (χ1n) is 7.23. The standard InChI is InChI=1S/C14H14N6O2S/c15-12(21)4-10-3-11-9(5-16-10)6-17-20(11)14-18-13(19-23-14)8-1-2-22-7-8/h3,5-6,8H,1-2,4,7H2,(H2,15,21). The van der Waals surface area contributed by atoms with Crippen molar-refractivity contribution in [3.05, 3.63) is 30.0 Å². The van der Waals surface area contributed by atoms with Gasteiger partial charge < -0.3 is 10.5 Å². The van der Waals surface area contributed by atoms with Gasteiger partial charge in [-0.1, -0.05) is 0 Å². The average Bonchev–Trinajstić information content (AvgIpc) is 3.25. The number of hydrogen-bond acceptors (Lipinski definition) is 7. The Labute approximate surface area is 135 Å². The first kappa shape index (κ1) is 14.2. The maximum Gasteiger partial charge on any atom is 0.230 e. The highest BCUT2D eigenvalue weighted by Gasteiger charge is 2.23. The van der Waals surface area contributed by atoms with Crippen molar-refractivity contribution in [1.82, 2.24) is 24.1 Å². The molecule has 9 heteroatoms. The molecule has 1 fully saturated rings. The largest absolute Gasteiger partial charge is 0.381 e. The summed E-state index contributed by atoms with van der Waals surface area (Å²) >= 11 is 1.30. The number of amides is 1. The zero-order valence-corrected chi connectivity index (χ0v) is 13.0.